The fraction of sp³-hybridized carbons (Fsp3) is 0.118. The number of benzene rings is 2. The fourth-order valence-electron chi connectivity index (χ4n) is 2.43. The molecule has 106 valence electrons. The summed E-state index contributed by atoms with van der Waals surface area (Å²) >= 11 is 6.05. The van der Waals surface area contributed by atoms with Crippen molar-refractivity contribution in [2.75, 3.05) is 11.1 Å². The van der Waals surface area contributed by atoms with Gasteiger partial charge < -0.3 is 11.1 Å². The van der Waals surface area contributed by atoms with Gasteiger partial charge in [-0.1, -0.05) is 23.7 Å². The van der Waals surface area contributed by atoms with Crippen LogP contribution in [0, 0.1) is 0 Å². The molecule has 0 bridgehead atoms. The molecule has 0 saturated heterocycles. The molecule has 3 N–H and O–H groups in total. The van der Waals surface area contributed by atoms with Crippen LogP contribution in [-0.2, 0) is 0 Å². The normalized spacial score (nSPS) is 12.3. The summed E-state index contributed by atoms with van der Waals surface area (Å²) in [6, 6.07) is 13.8. The molecule has 0 radical (unpaired) electrons. The zero-order chi connectivity index (χ0) is 14.8. The molecule has 3 nitrogen and oxygen atoms in total. The summed E-state index contributed by atoms with van der Waals surface area (Å²) in [5, 5.41) is 6.27. The number of anilines is 2. The van der Waals surface area contributed by atoms with Crippen LogP contribution in [-0.4, -0.2) is 4.98 Å². The highest BCUT2D eigenvalue weighted by Crippen LogP contribution is 2.30. The first-order chi connectivity index (χ1) is 10.1. The van der Waals surface area contributed by atoms with Crippen molar-refractivity contribution in [3.8, 4) is 0 Å². The first-order valence-electron chi connectivity index (χ1n) is 6.79. The van der Waals surface area contributed by atoms with Crippen LogP contribution in [0.2, 0.25) is 5.02 Å². The van der Waals surface area contributed by atoms with E-state index in [-0.39, 0.29) is 6.04 Å². The number of pyridine rings is 1. The summed E-state index contributed by atoms with van der Waals surface area (Å²) < 4.78 is 0. The molecule has 3 aromatic rings. The highest BCUT2D eigenvalue weighted by molar-refractivity contribution is 6.30. The van der Waals surface area contributed by atoms with E-state index in [9.17, 15) is 0 Å². The van der Waals surface area contributed by atoms with Crippen LogP contribution in [0.3, 0.4) is 0 Å². The van der Waals surface area contributed by atoms with Crippen LogP contribution in [0.15, 0.2) is 54.9 Å². The van der Waals surface area contributed by atoms with Gasteiger partial charge >= 0.3 is 0 Å². The Morgan fingerprint density at radius 2 is 2.00 bits per heavy atom. The van der Waals surface area contributed by atoms with E-state index in [4.69, 9.17) is 17.3 Å². The summed E-state index contributed by atoms with van der Waals surface area (Å²) in [4.78, 5) is 4.19. The molecule has 0 fully saturated rings. The minimum atomic E-state index is 0.135. The smallest absolute Gasteiger partial charge is 0.0486 e. The van der Waals surface area contributed by atoms with Crippen molar-refractivity contribution in [3.63, 3.8) is 0 Å². The molecule has 1 aromatic heterocycles. The molecule has 0 aliphatic carbocycles. The summed E-state index contributed by atoms with van der Waals surface area (Å²) in [5.74, 6) is 0. The quantitative estimate of drug-likeness (QED) is 0.692. The van der Waals surface area contributed by atoms with Gasteiger partial charge in [-0.3, -0.25) is 4.98 Å². The molecule has 0 aliphatic heterocycles. The number of halogens is 1. The van der Waals surface area contributed by atoms with Crippen molar-refractivity contribution < 1.29 is 0 Å². The van der Waals surface area contributed by atoms with Gasteiger partial charge in [-0.05, 0) is 42.8 Å². The second-order valence-electron chi connectivity index (χ2n) is 5.04. The lowest BCUT2D eigenvalue weighted by Crippen LogP contribution is -2.07. The number of aromatic nitrogens is 1. The Hall–Kier alpha value is -2.26. The van der Waals surface area contributed by atoms with Crippen LogP contribution < -0.4 is 11.1 Å². The third-order valence-corrected chi connectivity index (χ3v) is 3.81. The number of nitrogen functional groups attached to an aromatic ring is 1. The van der Waals surface area contributed by atoms with Gasteiger partial charge in [-0.25, -0.2) is 0 Å². The summed E-state index contributed by atoms with van der Waals surface area (Å²) in [5.41, 5.74) is 8.92. The molecule has 2 aromatic carbocycles. The SMILES string of the molecule is CC(Nc1ccc(N)c2ccncc12)c1cccc(Cl)c1. The van der Waals surface area contributed by atoms with E-state index in [1.807, 2.05) is 42.6 Å². The Kier molecular flexibility index (Phi) is 3.67. The zero-order valence-corrected chi connectivity index (χ0v) is 12.4. The number of fused-ring (bicyclic) bond motifs is 1. The monoisotopic (exact) mass is 297 g/mol. The van der Waals surface area contributed by atoms with Gasteiger partial charge in [0.25, 0.3) is 0 Å². The maximum absolute atomic E-state index is 6.05. The largest absolute Gasteiger partial charge is 0.398 e. The predicted molar refractivity (Wildman–Crippen MR) is 89.6 cm³/mol. The van der Waals surface area contributed by atoms with Crippen LogP contribution in [0.25, 0.3) is 10.8 Å². The minimum Gasteiger partial charge on any atom is -0.398 e. The molecule has 21 heavy (non-hydrogen) atoms. The Morgan fingerprint density at radius 3 is 2.81 bits per heavy atom. The molecule has 3 rings (SSSR count). The molecule has 1 atom stereocenters. The summed E-state index contributed by atoms with van der Waals surface area (Å²) in [7, 11) is 0. The Bertz CT molecular complexity index is 786. The Balaban J connectivity index is 1.97. The molecule has 0 saturated carbocycles. The number of rotatable bonds is 3. The van der Waals surface area contributed by atoms with E-state index in [0.717, 1.165) is 32.7 Å². The van der Waals surface area contributed by atoms with Gasteiger partial charge in [-0.2, -0.15) is 0 Å². The Labute approximate surface area is 128 Å². The van der Waals surface area contributed by atoms with E-state index in [1.54, 1.807) is 6.20 Å². The number of hydrogen-bond acceptors (Lipinski definition) is 3. The van der Waals surface area contributed by atoms with Gasteiger partial charge in [0.1, 0.15) is 0 Å². The van der Waals surface area contributed by atoms with E-state index in [1.165, 1.54) is 0 Å². The van der Waals surface area contributed by atoms with Gasteiger partial charge in [0.05, 0.1) is 0 Å². The highest BCUT2D eigenvalue weighted by atomic mass is 35.5. The molecule has 0 amide bonds. The number of nitrogens with zero attached hydrogens (tertiary/aromatic N) is 1. The van der Waals surface area contributed by atoms with Crippen molar-refractivity contribution in [2.45, 2.75) is 13.0 Å². The van der Waals surface area contributed by atoms with Crippen molar-refractivity contribution in [2.24, 2.45) is 0 Å². The minimum absolute atomic E-state index is 0.135. The van der Waals surface area contributed by atoms with Crippen molar-refractivity contribution in [1.29, 1.82) is 0 Å². The molecular formula is C17H16ClN3. The summed E-state index contributed by atoms with van der Waals surface area (Å²) in [6.07, 6.45) is 3.58. The molecule has 0 spiro atoms. The first kappa shape index (κ1) is 13.7. The summed E-state index contributed by atoms with van der Waals surface area (Å²) in [6.45, 7) is 2.10. The van der Waals surface area contributed by atoms with Gasteiger partial charge in [0, 0.05) is 45.6 Å². The first-order valence-corrected chi connectivity index (χ1v) is 7.17. The van der Waals surface area contributed by atoms with Crippen LogP contribution in [0.5, 0.6) is 0 Å². The number of nitrogens with one attached hydrogen (secondary N) is 1. The van der Waals surface area contributed by atoms with E-state index in [0.29, 0.717) is 0 Å². The van der Waals surface area contributed by atoms with Crippen molar-refractivity contribution in [1.82, 2.24) is 4.98 Å². The number of nitrogens with two attached hydrogens (primary N) is 1. The van der Waals surface area contributed by atoms with Crippen LogP contribution in [0.4, 0.5) is 11.4 Å². The molecule has 4 heteroatoms. The lowest BCUT2D eigenvalue weighted by molar-refractivity contribution is 0.887. The topological polar surface area (TPSA) is 50.9 Å². The van der Waals surface area contributed by atoms with Crippen molar-refractivity contribution >= 4 is 33.7 Å². The van der Waals surface area contributed by atoms with E-state index in [2.05, 4.69) is 23.3 Å². The molecule has 1 heterocycles. The maximum atomic E-state index is 6.05. The van der Waals surface area contributed by atoms with Gasteiger partial charge in [0.15, 0.2) is 0 Å². The van der Waals surface area contributed by atoms with E-state index < -0.39 is 0 Å². The third-order valence-electron chi connectivity index (χ3n) is 3.57. The average molecular weight is 298 g/mol. The number of hydrogen-bond donors (Lipinski definition) is 2. The highest BCUT2D eigenvalue weighted by Gasteiger charge is 2.09. The average Bonchev–Trinajstić information content (AvgIpc) is 2.50. The van der Waals surface area contributed by atoms with Gasteiger partial charge in [0.2, 0.25) is 0 Å². The van der Waals surface area contributed by atoms with Crippen LogP contribution in [0.1, 0.15) is 18.5 Å². The molecule has 0 aliphatic rings. The third kappa shape index (κ3) is 2.78. The van der Waals surface area contributed by atoms with Gasteiger partial charge in [-0.15, -0.1) is 0 Å². The standard InChI is InChI=1S/C17H16ClN3/c1-11(12-3-2-4-13(18)9-12)21-17-6-5-16(19)14-7-8-20-10-15(14)17/h2-11,21H,19H2,1H3. The second-order valence-corrected chi connectivity index (χ2v) is 5.48. The lowest BCUT2D eigenvalue weighted by Gasteiger charge is -2.18. The maximum Gasteiger partial charge on any atom is 0.0486 e. The predicted octanol–water partition coefficient (Wildman–Crippen LogP) is 4.64. The Morgan fingerprint density at radius 1 is 1.14 bits per heavy atom. The zero-order valence-electron chi connectivity index (χ0n) is 11.7. The lowest BCUT2D eigenvalue weighted by atomic mass is 10.1. The molecule has 1 unspecified atom stereocenters. The van der Waals surface area contributed by atoms with E-state index >= 15 is 0 Å². The molecular weight excluding hydrogens is 282 g/mol. The second kappa shape index (κ2) is 5.62. The van der Waals surface area contributed by atoms with Crippen LogP contribution >= 0.6 is 11.6 Å². The van der Waals surface area contributed by atoms with Crippen molar-refractivity contribution in [3.05, 3.63) is 65.4 Å². The fourth-order valence-corrected chi connectivity index (χ4v) is 2.63.